The largest absolute Gasteiger partial charge is 0.466 e. The Hall–Kier alpha value is -1.82. The first-order chi connectivity index (χ1) is 9.99. The number of ether oxygens (including phenoxy) is 1. The summed E-state index contributed by atoms with van der Waals surface area (Å²) in [6.45, 7) is 4.33. The van der Waals surface area contributed by atoms with Gasteiger partial charge < -0.3 is 10.1 Å². The number of esters is 1. The summed E-state index contributed by atoms with van der Waals surface area (Å²) in [4.78, 5) is 23.8. The van der Waals surface area contributed by atoms with Crippen molar-refractivity contribution in [2.45, 2.75) is 32.7 Å². The zero-order valence-electron chi connectivity index (χ0n) is 12.1. The maximum absolute atomic E-state index is 13.2. The average molecular weight is 299 g/mol. The summed E-state index contributed by atoms with van der Waals surface area (Å²) < 4.78 is 30.9. The molecule has 0 radical (unpaired) electrons. The SMILES string of the molecule is CCCNC(CC(=O)OCC)C(=O)c1ccc(F)c(F)c1. The number of halogens is 2. The molecule has 1 atom stereocenters. The van der Waals surface area contributed by atoms with Gasteiger partial charge in [0.1, 0.15) is 0 Å². The number of rotatable bonds is 8. The van der Waals surface area contributed by atoms with E-state index in [9.17, 15) is 18.4 Å². The molecule has 0 aliphatic rings. The molecular weight excluding hydrogens is 280 g/mol. The van der Waals surface area contributed by atoms with Crippen LogP contribution in [-0.4, -0.2) is 30.9 Å². The molecular formula is C15H19F2NO3. The van der Waals surface area contributed by atoms with Crippen LogP contribution in [0.2, 0.25) is 0 Å². The van der Waals surface area contributed by atoms with Gasteiger partial charge in [0.05, 0.1) is 19.1 Å². The standard InChI is InChI=1S/C15H19F2NO3/c1-3-7-18-13(9-14(19)21-4-2)15(20)10-5-6-11(16)12(17)8-10/h5-6,8,13,18H,3-4,7,9H2,1-2H3. The lowest BCUT2D eigenvalue weighted by molar-refractivity contribution is -0.143. The Bertz CT molecular complexity index is 506. The van der Waals surface area contributed by atoms with Crippen LogP contribution in [0.1, 0.15) is 37.0 Å². The Morgan fingerprint density at radius 3 is 2.52 bits per heavy atom. The van der Waals surface area contributed by atoms with E-state index in [0.717, 1.165) is 18.6 Å². The number of benzene rings is 1. The van der Waals surface area contributed by atoms with Crippen molar-refractivity contribution in [1.82, 2.24) is 5.32 Å². The van der Waals surface area contributed by atoms with E-state index in [1.54, 1.807) is 6.92 Å². The van der Waals surface area contributed by atoms with Crippen molar-refractivity contribution in [2.75, 3.05) is 13.2 Å². The first-order valence-corrected chi connectivity index (χ1v) is 6.87. The van der Waals surface area contributed by atoms with E-state index in [2.05, 4.69) is 5.32 Å². The molecule has 0 amide bonds. The highest BCUT2D eigenvalue weighted by Gasteiger charge is 2.24. The molecule has 0 aromatic heterocycles. The number of carbonyl (C=O) groups excluding carboxylic acids is 2. The monoisotopic (exact) mass is 299 g/mol. The maximum Gasteiger partial charge on any atom is 0.307 e. The molecule has 1 aromatic rings. The molecule has 1 aromatic carbocycles. The molecule has 0 heterocycles. The minimum Gasteiger partial charge on any atom is -0.466 e. The summed E-state index contributed by atoms with van der Waals surface area (Å²) in [7, 11) is 0. The molecule has 4 nitrogen and oxygen atoms in total. The number of hydrogen-bond donors (Lipinski definition) is 1. The van der Waals surface area contributed by atoms with Gasteiger partial charge in [-0.2, -0.15) is 0 Å². The fourth-order valence-electron chi connectivity index (χ4n) is 1.81. The first kappa shape index (κ1) is 17.2. The van der Waals surface area contributed by atoms with Gasteiger partial charge in [0, 0.05) is 5.56 Å². The summed E-state index contributed by atoms with van der Waals surface area (Å²) in [5, 5.41) is 2.92. The third-order valence-electron chi connectivity index (χ3n) is 2.84. The normalized spacial score (nSPS) is 12.0. The van der Waals surface area contributed by atoms with Crippen LogP contribution >= 0.6 is 0 Å². The van der Waals surface area contributed by atoms with Crippen LogP contribution in [0.25, 0.3) is 0 Å². The molecule has 0 saturated carbocycles. The highest BCUT2D eigenvalue weighted by Crippen LogP contribution is 2.12. The number of Topliss-reactive ketones (excluding diaryl/α,β-unsaturated/α-hetero) is 1. The first-order valence-electron chi connectivity index (χ1n) is 6.87. The number of nitrogens with one attached hydrogen (secondary N) is 1. The molecule has 0 bridgehead atoms. The predicted octanol–water partition coefficient (Wildman–Crippen LogP) is 2.47. The molecule has 21 heavy (non-hydrogen) atoms. The number of ketones is 1. The van der Waals surface area contributed by atoms with Crippen LogP contribution in [0.3, 0.4) is 0 Å². The van der Waals surface area contributed by atoms with Gasteiger partial charge in [-0.05, 0) is 38.1 Å². The van der Waals surface area contributed by atoms with Crippen LogP contribution in [0.15, 0.2) is 18.2 Å². The fourth-order valence-corrected chi connectivity index (χ4v) is 1.81. The van der Waals surface area contributed by atoms with E-state index in [1.165, 1.54) is 6.07 Å². The molecule has 116 valence electrons. The second-order valence-corrected chi connectivity index (χ2v) is 4.51. The van der Waals surface area contributed by atoms with Gasteiger partial charge in [-0.25, -0.2) is 8.78 Å². The molecule has 1 unspecified atom stereocenters. The van der Waals surface area contributed by atoms with E-state index in [0.29, 0.717) is 6.54 Å². The smallest absolute Gasteiger partial charge is 0.307 e. The third kappa shape index (κ3) is 5.23. The Morgan fingerprint density at radius 2 is 1.95 bits per heavy atom. The maximum atomic E-state index is 13.2. The Labute approximate surface area is 122 Å². The van der Waals surface area contributed by atoms with Crippen LogP contribution < -0.4 is 5.32 Å². The van der Waals surface area contributed by atoms with Crippen molar-refractivity contribution in [3.05, 3.63) is 35.4 Å². The summed E-state index contributed by atoms with van der Waals surface area (Å²) >= 11 is 0. The second kappa shape index (κ2) is 8.46. The molecule has 0 aliphatic heterocycles. The van der Waals surface area contributed by atoms with Crippen molar-refractivity contribution in [1.29, 1.82) is 0 Å². The summed E-state index contributed by atoms with van der Waals surface area (Å²) in [6, 6.07) is 2.12. The summed E-state index contributed by atoms with van der Waals surface area (Å²) in [6.07, 6.45) is 0.621. The Balaban J connectivity index is 2.87. The van der Waals surface area contributed by atoms with Crippen molar-refractivity contribution in [2.24, 2.45) is 0 Å². The number of hydrogen-bond acceptors (Lipinski definition) is 4. The molecule has 0 spiro atoms. The zero-order valence-corrected chi connectivity index (χ0v) is 12.1. The van der Waals surface area contributed by atoms with Crippen molar-refractivity contribution in [3.63, 3.8) is 0 Å². The van der Waals surface area contributed by atoms with E-state index in [4.69, 9.17) is 4.74 Å². The lowest BCUT2D eigenvalue weighted by Crippen LogP contribution is -2.39. The Morgan fingerprint density at radius 1 is 1.24 bits per heavy atom. The minimum absolute atomic E-state index is 0.0202. The van der Waals surface area contributed by atoms with Gasteiger partial charge >= 0.3 is 5.97 Å². The van der Waals surface area contributed by atoms with Crippen molar-refractivity contribution >= 4 is 11.8 Å². The zero-order chi connectivity index (χ0) is 15.8. The highest BCUT2D eigenvalue weighted by atomic mass is 19.2. The molecule has 0 saturated heterocycles. The number of carbonyl (C=O) groups is 2. The predicted molar refractivity (Wildman–Crippen MR) is 74.0 cm³/mol. The van der Waals surface area contributed by atoms with E-state index >= 15 is 0 Å². The van der Waals surface area contributed by atoms with Gasteiger partial charge in [-0.1, -0.05) is 6.92 Å². The fraction of sp³-hybridized carbons (Fsp3) is 0.467. The van der Waals surface area contributed by atoms with Crippen LogP contribution in [-0.2, 0) is 9.53 Å². The average Bonchev–Trinajstić information content (AvgIpc) is 2.46. The Kier molecular flexibility index (Phi) is 6.94. The molecule has 1 N–H and O–H groups in total. The lowest BCUT2D eigenvalue weighted by Gasteiger charge is -2.16. The van der Waals surface area contributed by atoms with Crippen LogP contribution in [0, 0.1) is 11.6 Å². The van der Waals surface area contributed by atoms with Crippen LogP contribution in [0.4, 0.5) is 8.78 Å². The van der Waals surface area contributed by atoms with E-state index in [1.807, 2.05) is 6.92 Å². The van der Waals surface area contributed by atoms with Gasteiger partial charge in [-0.3, -0.25) is 9.59 Å². The van der Waals surface area contributed by atoms with Crippen molar-refractivity contribution < 1.29 is 23.1 Å². The van der Waals surface area contributed by atoms with Crippen LogP contribution in [0.5, 0.6) is 0 Å². The molecule has 0 aliphatic carbocycles. The van der Waals surface area contributed by atoms with Gasteiger partial charge in [0.2, 0.25) is 0 Å². The van der Waals surface area contributed by atoms with Gasteiger partial charge in [0.15, 0.2) is 17.4 Å². The topological polar surface area (TPSA) is 55.4 Å². The second-order valence-electron chi connectivity index (χ2n) is 4.51. The third-order valence-corrected chi connectivity index (χ3v) is 2.84. The summed E-state index contributed by atoms with van der Waals surface area (Å²) in [5.74, 6) is -3.08. The van der Waals surface area contributed by atoms with Crippen molar-refractivity contribution in [3.8, 4) is 0 Å². The molecule has 1 rings (SSSR count). The molecule has 0 fully saturated rings. The van der Waals surface area contributed by atoms with Gasteiger partial charge in [-0.15, -0.1) is 0 Å². The summed E-state index contributed by atoms with van der Waals surface area (Å²) in [5.41, 5.74) is 0.0202. The lowest BCUT2D eigenvalue weighted by atomic mass is 10.0. The molecule has 6 heteroatoms. The minimum atomic E-state index is -1.09. The van der Waals surface area contributed by atoms with Gasteiger partial charge in [0.25, 0.3) is 0 Å². The van der Waals surface area contributed by atoms with E-state index < -0.39 is 29.4 Å². The quantitative estimate of drug-likeness (QED) is 0.592. The highest BCUT2D eigenvalue weighted by molar-refractivity contribution is 6.01. The van der Waals surface area contributed by atoms with E-state index in [-0.39, 0.29) is 18.6 Å².